The smallest absolute Gasteiger partial charge is 0.221 e. The first-order valence-corrected chi connectivity index (χ1v) is 7.64. The van der Waals surface area contributed by atoms with Gasteiger partial charge in [-0.05, 0) is 31.5 Å². The molecule has 1 aromatic carbocycles. The van der Waals surface area contributed by atoms with Crippen molar-refractivity contribution in [1.82, 2.24) is 9.97 Å². The molecule has 0 fully saturated rings. The van der Waals surface area contributed by atoms with Crippen molar-refractivity contribution in [3.05, 3.63) is 40.8 Å². The summed E-state index contributed by atoms with van der Waals surface area (Å²) in [7, 11) is 0. The van der Waals surface area contributed by atoms with E-state index in [1.54, 1.807) is 6.92 Å². The fourth-order valence-corrected chi connectivity index (χ4v) is 2.27. The van der Waals surface area contributed by atoms with Gasteiger partial charge in [0.2, 0.25) is 5.91 Å². The number of ether oxygens (including phenoxy) is 1. The van der Waals surface area contributed by atoms with E-state index in [1.807, 2.05) is 31.2 Å². The van der Waals surface area contributed by atoms with Crippen molar-refractivity contribution in [3.63, 3.8) is 0 Å². The van der Waals surface area contributed by atoms with Crippen molar-refractivity contribution in [2.24, 2.45) is 0 Å². The molecule has 1 aromatic heterocycles. The maximum Gasteiger partial charge on any atom is 0.221 e. The van der Waals surface area contributed by atoms with Crippen LogP contribution in [0.15, 0.2) is 24.3 Å². The molecule has 0 aliphatic rings. The summed E-state index contributed by atoms with van der Waals surface area (Å²) in [5, 5.41) is 6.04. The summed E-state index contributed by atoms with van der Waals surface area (Å²) in [4.78, 5) is 19.7. The van der Waals surface area contributed by atoms with Crippen LogP contribution < -0.4 is 15.4 Å². The van der Waals surface area contributed by atoms with Gasteiger partial charge in [0.1, 0.15) is 17.3 Å². The van der Waals surface area contributed by atoms with E-state index >= 15 is 0 Å². The Balaban J connectivity index is 2.14. The van der Waals surface area contributed by atoms with Gasteiger partial charge < -0.3 is 15.4 Å². The number of amides is 1. The number of hydrogen-bond donors (Lipinski definition) is 2. The van der Waals surface area contributed by atoms with E-state index in [-0.39, 0.29) is 11.1 Å². The van der Waals surface area contributed by atoms with Gasteiger partial charge in [0.05, 0.1) is 6.61 Å². The summed E-state index contributed by atoms with van der Waals surface area (Å²) in [6, 6.07) is 7.75. The molecule has 0 spiro atoms. The van der Waals surface area contributed by atoms with E-state index in [0.29, 0.717) is 30.5 Å². The van der Waals surface area contributed by atoms with Crippen molar-refractivity contribution < 1.29 is 9.53 Å². The Kier molecular flexibility index (Phi) is 5.76. The highest BCUT2D eigenvalue weighted by atomic mass is 35.5. The lowest BCUT2D eigenvalue weighted by atomic mass is 10.2. The van der Waals surface area contributed by atoms with Gasteiger partial charge in [-0.1, -0.05) is 23.7 Å². The third-order valence-electron chi connectivity index (χ3n) is 2.97. The Labute approximate surface area is 140 Å². The average Bonchev–Trinajstić information content (AvgIpc) is 2.49. The average molecular weight is 335 g/mol. The highest BCUT2D eigenvalue weighted by Gasteiger charge is 2.13. The third-order valence-corrected chi connectivity index (χ3v) is 3.25. The molecular weight excluding hydrogens is 316 g/mol. The molecule has 0 saturated carbocycles. The molecule has 2 aromatic rings. The van der Waals surface area contributed by atoms with Gasteiger partial charge in [0.15, 0.2) is 11.0 Å². The number of anilines is 2. The molecule has 1 amide bonds. The molecule has 0 bridgehead atoms. The maximum atomic E-state index is 11.3. The van der Waals surface area contributed by atoms with Gasteiger partial charge in [-0.2, -0.15) is 0 Å². The minimum Gasteiger partial charge on any atom is -0.494 e. The summed E-state index contributed by atoms with van der Waals surface area (Å²) >= 11 is 6.09. The lowest BCUT2D eigenvalue weighted by Gasteiger charge is -2.13. The molecule has 0 radical (unpaired) electrons. The van der Waals surface area contributed by atoms with E-state index in [1.165, 1.54) is 6.92 Å². The van der Waals surface area contributed by atoms with Gasteiger partial charge >= 0.3 is 0 Å². The summed E-state index contributed by atoms with van der Waals surface area (Å²) in [6.45, 7) is 6.26. The molecule has 0 unspecified atom stereocenters. The van der Waals surface area contributed by atoms with Crippen LogP contribution in [-0.4, -0.2) is 22.5 Å². The molecule has 0 aliphatic heterocycles. The minimum atomic E-state index is -0.233. The number of rotatable bonds is 6. The Hall–Kier alpha value is -2.34. The lowest BCUT2D eigenvalue weighted by molar-refractivity contribution is -0.114. The van der Waals surface area contributed by atoms with Crippen molar-refractivity contribution in [2.45, 2.75) is 27.3 Å². The van der Waals surface area contributed by atoms with E-state index in [4.69, 9.17) is 16.3 Å². The molecular formula is C16H19ClN4O2. The van der Waals surface area contributed by atoms with Gasteiger partial charge in [-0.25, -0.2) is 9.97 Å². The van der Waals surface area contributed by atoms with Crippen molar-refractivity contribution >= 4 is 29.0 Å². The molecule has 2 rings (SSSR count). The SMILES string of the molecule is CCOc1ccc(CNc2nc(C)nc(Cl)c2NC(C)=O)cc1. The zero-order valence-corrected chi connectivity index (χ0v) is 14.1. The largest absolute Gasteiger partial charge is 0.494 e. The first-order chi connectivity index (χ1) is 11.0. The molecule has 122 valence electrons. The van der Waals surface area contributed by atoms with Crippen LogP contribution in [0.5, 0.6) is 5.75 Å². The van der Waals surface area contributed by atoms with Crippen molar-refractivity contribution in [2.75, 3.05) is 17.2 Å². The first kappa shape index (κ1) is 17.0. The predicted molar refractivity (Wildman–Crippen MR) is 91.0 cm³/mol. The Morgan fingerprint density at radius 1 is 1.26 bits per heavy atom. The van der Waals surface area contributed by atoms with Crippen LogP contribution in [0.3, 0.4) is 0 Å². The van der Waals surface area contributed by atoms with E-state index in [0.717, 1.165) is 11.3 Å². The quantitative estimate of drug-likeness (QED) is 0.792. The van der Waals surface area contributed by atoms with Crippen LogP contribution in [0.4, 0.5) is 11.5 Å². The summed E-state index contributed by atoms with van der Waals surface area (Å²) in [5.74, 6) is 1.62. The number of nitrogens with zero attached hydrogens (tertiary/aromatic N) is 2. The Bertz CT molecular complexity index is 689. The molecule has 23 heavy (non-hydrogen) atoms. The predicted octanol–water partition coefficient (Wildman–Crippen LogP) is 3.41. The highest BCUT2D eigenvalue weighted by molar-refractivity contribution is 6.33. The molecule has 1 heterocycles. The van der Waals surface area contributed by atoms with Crippen LogP contribution in [0.1, 0.15) is 25.2 Å². The zero-order valence-electron chi connectivity index (χ0n) is 13.3. The molecule has 6 nitrogen and oxygen atoms in total. The van der Waals surface area contributed by atoms with Gasteiger partial charge in [0, 0.05) is 13.5 Å². The Morgan fingerprint density at radius 2 is 1.96 bits per heavy atom. The monoisotopic (exact) mass is 334 g/mol. The second-order valence-corrected chi connectivity index (χ2v) is 5.25. The van der Waals surface area contributed by atoms with E-state index < -0.39 is 0 Å². The summed E-state index contributed by atoms with van der Waals surface area (Å²) in [6.07, 6.45) is 0. The number of carbonyl (C=O) groups excluding carboxylic acids is 1. The standard InChI is InChI=1S/C16H19ClN4O2/c1-4-23-13-7-5-12(6-8-13)9-18-16-14(21-11(3)22)15(17)19-10(2)20-16/h5-8H,4,9H2,1-3H3,(H,21,22)(H,18,19,20). The molecule has 7 heteroatoms. The number of nitrogens with one attached hydrogen (secondary N) is 2. The second kappa shape index (κ2) is 7.78. The van der Waals surface area contributed by atoms with Crippen LogP contribution in [0, 0.1) is 6.92 Å². The molecule has 0 saturated heterocycles. The maximum absolute atomic E-state index is 11.3. The molecule has 2 N–H and O–H groups in total. The number of carbonyl (C=O) groups is 1. The fraction of sp³-hybridized carbons (Fsp3) is 0.312. The normalized spacial score (nSPS) is 10.3. The second-order valence-electron chi connectivity index (χ2n) is 4.90. The third kappa shape index (κ3) is 4.82. The highest BCUT2D eigenvalue weighted by Crippen LogP contribution is 2.27. The summed E-state index contributed by atoms with van der Waals surface area (Å²) in [5.41, 5.74) is 1.44. The first-order valence-electron chi connectivity index (χ1n) is 7.27. The summed E-state index contributed by atoms with van der Waals surface area (Å²) < 4.78 is 5.41. The lowest BCUT2D eigenvalue weighted by Crippen LogP contribution is -2.13. The van der Waals surface area contributed by atoms with Crippen LogP contribution >= 0.6 is 11.6 Å². The van der Waals surface area contributed by atoms with E-state index in [2.05, 4.69) is 20.6 Å². The fourth-order valence-electron chi connectivity index (χ4n) is 2.01. The van der Waals surface area contributed by atoms with E-state index in [9.17, 15) is 4.79 Å². The topological polar surface area (TPSA) is 76.1 Å². The van der Waals surface area contributed by atoms with Crippen molar-refractivity contribution in [1.29, 1.82) is 0 Å². The van der Waals surface area contributed by atoms with Crippen LogP contribution in [0.25, 0.3) is 0 Å². The van der Waals surface area contributed by atoms with Crippen molar-refractivity contribution in [3.8, 4) is 5.75 Å². The molecule has 0 aliphatic carbocycles. The minimum absolute atomic E-state index is 0.210. The van der Waals surface area contributed by atoms with Crippen LogP contribution in [-0.2, 0) is 11.3 Å². The zero-order chi connectivity index (χ0) is 16.8. The number of halogens is 1. The molecule has 0 atom stereocenters. The Morgan fingerprint density at radius 3 is 2.57 bits per heavy atom. The van der Waals surface area contributed by atoms with Gasteiger partial charge in [-0.3, -0.25) is 4.79 Å². The van der Waals surface area contributed by atoms with Gasteiger partial charge in [-0.15, -0.1) is 0 Å². The van der Waals surface area contributed by atoms with Crippen LogP contribution in [0.2, 0.25) is 5.15 Å². The van der Waals surface area contributed by atoms with Gasteiger partial charge in [0.25, 0.3) is 0 Å². The number of aromatic nitrogens is 2. The number of hydrogen-bond acceptors (Lipinski definition) is 5. The number of aryl methyl sites for hydroxylation is 1. The number of benzene rings is 1.